The molecule has 0 radical (unpaired) electrons. The molecule has 0 N–H and O–H groups in total. The summed E-state index contributed by atoms with van der Waals surface area (Å²) in [5.41, 5.74) is 15.6. The molecular formula is C46H36BNS2. The van der Waals surface area contributed by atoms with Gasteiger partial charge in [-0.15, -0.1) is 22.7 Å². The molecule has 1 nitrogen and oxygen atoms in total. The fraction of sp³-hybridized carbons (Fsp3) is 0.174. The highest BCUT2D eigenvalue weighted by Gasteiger charge is 2.46. The molecule has 0 amide bonds. The molecule has 1 aliphatic carbocycles. The van der Waals surface area contributed by atoms with E-state index in [1.165, 1.54) is 98.1 Å². The van der Waals surface area contributed by atoms with Crippen LogP contribution in [-0.4, -0.2) is 6.71 Å². The molecule has 0 fully saturated rings. The van der Waals surface area contributed by atoms with Crippen molar-refractivity contribution in [1.82, 2.24) is 0 Å². The predicted molar refractivity (Wildman–Crippen MR) is 220 cm³/mol. The van der Waals surface area contributed by atoms with E-state index in [9.17, 15) is 0 Å². The summed E-state index contributed by atoms with van der Waals surface area (Å²) < 4.78 is 5.66. The summed E-state index contributed by atoms with van der Waals surface area (Å²) in [6.07, 6.45) is 2.45. The summed E-state index contributed by atoms with van der Waals surface area (Å²) in [7, 11) is 0. The molecular weight excluding hydrogens is 641 g/mol. The van der Waals surface area contributed by atoms with Crippen molar-refractivity contribution in [3.8, 4) is 22.3 Å². The highest BCUT2D eigenvalue weighted by Crippen LogP contribution is 2.51. The van der Waals surface area contributed by atoms with Crippen LogP contribution in [-0.2, 0) is 10.8 Å². The third-order valence-corrected chi connectivity index (χ3v) is 14.6. The molecule has 0 spiro atoms. The average molecular weight is 678 g/mol. The van der Waals surface area contributed by atoms with E-state index in [1.807, 2.05) is 22.7 Å². The van der Waals surface area contributed by atoms with Gasteiger partial charge in [-0.25, -0.2) is 0 Å². The Bertz CT molecular complexity index is 2730. The minimum atomic E-state index is 0.156. The number of hydrogen-bond donors (Lipinski definition) is 0. The lowest BCUT2D eigenvalue weighted by Gasteiger charge is -2.42. The minimum absolute atomic E-state index is 0.156. The molecule has 3 aliphatic rings. The molecule has 0 atom stereocenters. The van der Waals surface area contributed by atoms with Crippen molar-refractivity contribution in [1.29, 1.82) is 0 Å². The highest BCUT2D eigenvalue weighted by atomic mass is 32.1. The zero-order chi connectivity index (χ0) is 33.5. The summed E-state index contributed by atoms with van der Waals surface area (Å²) in [6.45, 7) is 10.0. The maximum Gasteiger partial charge on any atom is 0.260 e. The summed E-state index contributed by atoms with van der Waals surface area (Å²) in [5, 5.41) is 4.13. The summed E-state index contributed by atoms with van der Waals surface area (Å²) in [5.74, 6) is 0. The molecule has 6 aromatic carbocycles. The molecule has 0 bridgehead atoms. The largest absolute Gasteiger partial charge is 0.311 e. The van der Waals surface area contributed by atoms with Crippen LogP contribution in [0.3, 0.4) is 0 Å². The fourth-order valence-corrected chi connectivity index (χ4v) is 12.1. The van der Waals surface area contributed by atoms with Gasteiger partial charge in [-0.2, -0.15) is 0 Å². The lowest BCUT2D eigenvalue weighted by molar-refractivity contribution is 0.332. The van der Waals surface area contributed by atoms with Gasteiger partial charge in [0.2, 0.25) is 0 Å². The van der Waals surface area contributed by atoms with Crippen LogP contribution in [0.1, 0.15) is 51.7 Å². The fourth-order valence-electron chi connectivity index (χ4n) is 9.47. The SMILES string of the molecule is CC1(C)CCC(C)(C)c2cc3c4c(sc3cc21)B1c2ccccc2N(c2ccccc2)c2cc(-c3cccc5c3sc3ccccc35)cc-4c21. The number of nitrogens with zero attached hydrogens (tertiary/aromatic N) is 1. The summed E-state index contributed by atoms with van der Waals surface area (Å²) in [4.78, 5) is 2.53. The van der Waals surface area contributed by atoms with Gasteiger partial charge in [0, 0.05) is 47.3 Å². The van der Waals surface area contributed by atoms with Gasteiger partial charge in [0.15, 0.2) is 0 Å². The molecule has 0 saturated carbocycles. The van der Waals surface area contributed by atoms with E-state index in [0.29, 0.717) is 0 Å². The topological polar surface area (TPSA) is 3.24 Å². The number of anilines is 3. The molecule has 0 unspecified atom stereocenters. The van der Waals surface area contributed by atoms with Crippen LogP contribution in [0.25, 0.3) is 52.5 Å². The van der Waals surface area contributed by atoms with Gasteiger partial charge in [0.25, 0.3) is 6.71 Å². The molecule has 50 heavy (non-hydrogen) atoms. The van der Waals surface area contributed by atoms with Crippen molar-refractivity contribution >= 4 is 92.4 Å². The van der Waals surface area contributed by atoms with Crippen LogP contribution in [0.5, 0.6) is 0 Å². The molecule has 4 heteroatoms. The molecule has 11 rings (SSSR count). The third kappa shape index (κ3) is 3.84. The first-order valence-electron chi connectivity index (χ1n) is 17.9. The molecule has 8 aromatic rings. The molecule has 4 heterocycles. The van der Waals surface area contributed by atoms with Crippen LogP contribution in [0.2, 0.25) is 0 Å². The number of rotatable bonds is 2. The van der Waals surface area contributed by atoms with Crippen LogP contribution < -0.4 is 20.6 Å². The number of fused-ring (bicyclic) bond motifs is 11. The van der Waals surface area contributed by atoms with Crippen LogP contribution >= 0.6 is 22.7 Å². The first-order valence-corrected chi connectivity index (χ1v) is 19.6. The van der Waals surface area contributed by atoms with Crippen molar-refractivity contribution in [2.24, 2.45) is 0 Å². The maximum absolute atomic E-state index is 2.62. The van der Waals surface area contributed by atoms with Crippen LogP contribution in [0.15, 0.2) is 121 Å². The van der Waals surface area contributed by atoms with Gasteiger partial charge < -0.3 is 4.90 Å². The number of benzene rings is 6. The Balaban J connectivity index is 1.26. The Hall–Kier alpha value is -4.64. The minimum Gasteiger partial charge on any atom is -0.311 e. The second-order valence-corrected chi connectivity index (χ2v) is 18.0. The summed E-state index contributed by atoms with van der Waals surface area (Å²) >= 11 is 3.97. The zero-order valence-corrected chi connectivity index (χ0v) is 30.4. The number of thiophene rings is 2. The average Bonchev–Trinajstić information content (AvgIpc) is 3.80. The van der Waals surface area contributed by atoms with E-state index >= 15 is 0 Å². The smallest absolute Gasteiger partial charge is 0.260 e. The second-order valence-electron chi connectivity index (χ2n) is 15.9. The van der Waals surface area contributed by atoms with Crippen LogP contribution in [0.4, 0.5) is 17.1 Å². The van der Waals surface area contributed by atoms with Gasteiger partial charge in [0.1, 0.15) is 0 Å². The summed E-state index contributed by atoms with van der Waals surface area (Å²) in [6, 6.07) is 46.2. The third-order valence-electron chi connectivity index (χ3n) is 12.1. The predicted octanol–water partition coefficient (Wildman–Crippen LogP) is 11.6. The van der Waals surface area contributed by atoms with E-state index in [-0.39, 0.29) is 17.5 Å². The number of hydrogen-bond acceptors (Lipinski definition) is 3. The van der Waals surface area contributed by atoms with Crippen molar-refractivity contribution in [2.75, 3.05) is 4.90 Å². The highest BCUT2D eigenvalue weighted by molar-refractivity contribution is 7.34. The molecule has 0 saturated heterocycles. The van der Waals surface area contributed by atoms with E-state index < -0.39 is 0 Å². The molecule has 240 valence electrons. The first kappa shape index (κ1) is 29.1. The van der Waals surface area contributed by atoms with Crippen LogP contribution in [0, 0.1) is 0 Å². The quantitative estimate of drug-likeness (QED) is 0.165. The van der Waals surface area contributed by atoms with Crippen molar-refractivity contribution in [2.45, 2.75) is 51.4 Å². The monoisotopic (exact) mass is 677 g/mol. The van der Waals surface area contributed by atoms with Gasteiger partial charge in [-0.05, 0) is 121 Å². The Labute approximate surface area is 301 Å². The zero-order valence-electron chi connectivity index (χ0n) is 28.8. The first-order chi connectivity index (χ1) is 24.3. The lowest BCUT2D eigenvalue weighted by atomic mass is 9.39. The van der Waals surface area contributed by atoms with E-state index in [1.54, 1.807) is 11.1 Å². The van der Waals surface area contributed by atoms with Gasteiger partial charge >= 0.3 is 0 Å². The van der Waals surface area contributed by atoms with Gasteiger partial charge in [0.05, 0.1) is 0 Å². The van der Waals surface area contributed by atoms with E-state index in [2.05, 4.69) is 154 Å². The Kier molecular flexibility index (Phi) is 5.82. The standard InChI is InChI=1S/C46H36BNS2/c1-45(2)21-22-46(3,4)35-26-40-32(25-34(35)45)41-33-23-27(29-16-12-17-31-30-15-8-11-20-39(30)49-43(29)31)24-38-42(33)47(44(41)50-40)36-18-9-10-19-37(36)48(38)28-13-6-5-7-14-28/h5-20,23-26H,21-22H2,1-4H3. The Morgan fingerprint density at radius 1 is 0.580 bits per heavy atom. The van der Waals surface area contributed by atoms with E-state index in [4.69, 9.17) is 0 Å². The van der Waals surface area contributed by atoms with E-state index in [0.717, 1.165) is 0 Å². The Morgan fingerprint density at radius 3 is 2.14 bits per heavy atom. The number of para-hydroxylation sites is 2. The van der Waals surface area contributed by atoms with Crippen molar-refractivity contribution in [3.05, 3.63) is 132 Å². The second kappa shape index (κ2) is 9.99. The lowest BCUT2D eigenvalue weighted by Crippen LogP contribution is -2.54. The van der Waals surface area contributed by atoms with Crippen molar-refractivity contribution < 1.29 is 0 Å². The Morgan fingerprint density at radius 2 is 1.30 bits per heavy atom. The normalized spacial score (nSPS) is 16.5. The molecule has 2 aromatic heterocycles. The van der Waals surface area contributed by atoms with Gasteiger partial charge in [-0.3, -0.25) is 0 Å². The maximum atomic E-state index is 2.62. The molecule has 2 aliphatic heterocycles. The van der Waals surface area contributed by atoms with Gasteiger partial charge in [-0.1, -0.05) is 100 Å². The van der Waals surface area contributed by atoms with Crippen molar-refractivity contribution in [3.63, 3.8) is 0 Å².